The highest BCUT2D eigenvalue weighted by Gasteiger charge is 2.04. The van der Waals surface area contributed by atoms with Gasteiger partial charge >= 0.3 is 0 Å². The first-order valence-electron chi connectivity index (χ1n) is 7.80. The molecule has 3 aromatic carbocycles. The van der Waals surface area contributed by atoms with Crippen LogP contribution in [-0.4, -0.2) is 5.91 Å². The number of hydrogen-bond donors (Lipinski definition) is 1. The number of benzene rings is 3. The molecular weight excluding hydrogens is 282 g/mol. The van der Waals surface area contributed by atoms with Crippen molar-refractivity contribution in [3.63, 3.8) is 0 Å². The summed E-state index contributed by atoms with van der Waals surface area (Å²) in [6.45, 7) is 0. The molecule has 0 saturated heterocycles. The number of aryl methyl sites for hydroxylation is 1. The molecule has 0 fully saturated rings. The van der Waals surface area contributed by atoms with Crippen molar-refractivity contribution in [3.8, 4) is 11.1 Å². The van der Waals surface area contributed by atoms with E-state index in [0.717, 1.165) is 23.2 Å². The minimum atomic E-state index is 0.0408. The molecule has 114 valence electrons. The van der Waals surface area contributed by atoms with Crippen LogP contribution in [0.2, 0.25) is 0 Å². The van der Waals surface area contributed by atoms with Gasteiger partial charge in [0.1, 0.15) is 0 Å². The summed E-state index contributed by atoms with van der Waals surface area (Å²) >= 11 is 0. The van der Waals surface area contributed by atoms with Crippen LogP contribution in [0.1, 0.15) is 12.0 Å². The van der Waals surface area contributed by atoms with Crippen LogP contribution in [0.4, 0.5) is 5.69 Å². The van der Waals surface area contributed by atoms with Crippen molar-refractivity contribution in [1.82, 2.24) is 0 Å². The zero-order chi connectivity index (χ0) is 15.9. The Morgan fingerprint density at radius 3 is 2.13 bits per heavy atom. The van der Waals surface area contributed by atoms with Gasteiger partial charge in [0.05, 0.1) is 0 Å². The van der Waals surface area contributed by atoms with Crippen molar-refractivity contribution >= 4 is 11.6 Å². The Balaban J connectivity index is 1.63. The van der Waals surface area contributed by atoms with Crippen LogP contribution in [-0.2, 0) is 11.2 Å². The first-order chi connectivity index (χ1) is 11.3. The van der Waals surface area contributed by atoms with Crippen LogP contribution in [0.25, 0.3) is 11.1 Å². The summed E-state index contributed by atoms with van der Waals surface area (Å²) in [6.07, 6.45) is 1.24. The van der Waals surface area contributed by atoms with Gasteiger partial charge in [0, 0.05) is 12.1 Å². The van der Waals surface area contributed by atoms with Crippen molar-refractivity contribution in [2.24, 2.45) is 0 Å². The summed E-state index contributed by atoms with van der Waals surface area (Å²) in [5, 5.41) is 2.98. The topological polar surface area (TPSA) is 29.1 Å². The maximum Gasteiger partial charge on any atom is 0.224 e. The first-order valence-corrected chi connectivity index (χ1v) is 7.80. The molecule has 0 aromatic heterocycles. The molecular formula is C21H19NO. The molecule has 0 atom stereocenters. The van der Waals surface area contributed by atoms with Gasteiger partial charge in [0.25, 0.3) is 0 Å². The Labute approximate surface area is 136 Å². The van der Waals surface area contributed by atoms with Crippen molar-refractivity contribution in [2.45, 2.75) is 12.8 Å². The molecule has 2 nitrogen and oxygen atoms in total. The second-order valence-electron chi connectivity index (χ2n) is 5.48. The quantitative estimate of drug-likeness (QED) is 0.711. The average Bonchev–Trinajstić information content (AvgIpc) is 2.62. The summed E-state index contributed by atoms with van der Waals surface area (Å²) in [5.74, 6) is 0.0408. The van der Waals surface area contributed by atoms with Crippen LogP contribution < -0.4 is 5.32 Å². The Bertz CT molecular complexity index is 766. The Morgan fingerprint density at radius 2 is 1.39 bits per heavy atom. The molecule has 3 rings (SSSR count). The van der Waals surface area contributed by atoms with Gasteiger partial charge in [-0.1, -0.05) is 72.8 Å². The van der Waals surface area contributed by atoms with E-state index in [1.54, 1.807) is 0 Å². The Kier molecular flexibility index (Phi) is 4.85. The predicted molar refractivity (Wildman–Crippen MR) is 95.3 cm³/mol. The molecule has 0 aliphatic rings. The van der Waals surface area contributed by atoms with Crippen molar-refractivity contribution < 1.29 is 4.79 Å². The monoisotopic (exact) mass is 301 g/mol. The van der Waals surface area contributed by atoms with E-state index in [1.165, 1.54) is 5.56 Å². The molecule has 0 unspecified atom stereocenters. The fourth-order valence-electron chi connectivity index (χ4n) is 2.53. The van der Waals surface area contributed by atoms with E-state index in [-0.39, 0.29) is 5.91 Å². The third-order valence-electron chi connectivity index (χ3n) is 3.74. The Hall–Kier alpha value is -2.87. The number of anilines is 1. The molecule has 1 amide bonds. The van der Waals surface area contributed by atoms with E-state index in [1.807, 2.05) is 66.7 Å². The summed E-state index contributed by atoms with van der Waals surface area (Å²) < 4.78 is 0. The van der Waals surface area contributed by atoms with Gasteiger partial charge in [0.15, 0.2) is 0 Å². The van der Waals surface area contributed by atoms with Gasteiger partial charge in [-0.05, 0) is 35.2 Å². The third-order valence-corrected chi connectivity index (χ3v) is 3.74. The van der Waals surface area contributed by atoms with Crippen LogP contribution >= 0.6 is 0 Å². The lowest BCUT2D eigenvalue weighted by molar-refractivity contribution is -0.116. The minimum Gasteiger partial charge on any atom is -0.326 e. The third kappa shape index (κ3) is 4.30. The van der Waals surface area contributed by atoms with Gasteiger partial charge < -0.3 is 5.32 Å². The maximum absolute atomic E-state index is 12.1. The predicted octanol–water partition coefficient (Wildman–Crippen LogP) is 4.92. The van der Waals surface area contributed by atoms with Crippen LogP contribution in [0.5, 0.6) is 0 Å². The average molecular weight is 301 g/mol. The van der Waals surface area contributed by atoms with Crippen molar-refractivity contribution in [3.05, 3.63) is 90.5 Å². The number of amides is 1. The summed E-state index contributed by atoms with van der Waals surface area (Å²) in [4.78, 5) is 12.1. The SMILES string of the molecule is O=C(CCc1ccccc1)Nc1cccc(-c2ccccc2)c1. The summed E-state index contributed by atoms with van der Waals surface area (Å²) in [5.41, 5.74) is 4.27. The van der Waals surface area contributed by atoms with Gasteiger partial charge in [-0.15, -0.1) is 0 Å². The van der Waals surface area contributed by atoms with Crippen molar-refractivity contribution in [2.75, 3.05) is 5.32 Å². The van der Waals surface area contributed by atoms with Crippen molar-refractivity contribution in [1.29, 1.82) is 0 Å². The number of carbonyl (C=O) groups excluding carboxylic acids is 1. The van der Waals surface area contributed by atoms with Gasteiger partial charge in [-0.2, -0.15) is 0 Å². The normalized spacial score (nSPS) is 10.3. The molecule has 23 heavy (non-hydrogen) atoms. The molecule has 0 spiro atoms. The minimum absolute atomic E-state index is 0.0408. The van der Waals surface area contributed by atoms with E-state index in [9.17, 15) is 4.79 Å². The number of nitrogens with one attached hydrogen (secondary N) is 1. The lowest BCUT2D eigenvalue weighted by Gasteiger charge is -2.08. The molecule has 2 heteroatoms. The van der Waals surface area contributed by atoms with E-state index in [4.69, 9.17) is 0 Å². The van der Waals surface area contributed by atoms with Gasteiger partial charge in [-0.3, -0.25) is 4.79 Å². The molecule has 0 aliphatic carbocycles. The fraction of sp³-hybridized carbons (Fsp3) is 0.0952. The second kappa shape index (κ2) is 7.41. The highest BCUT2D eigenvalue weighted by atomic mass is 16.1. The van der Waals surface area contributed by atoms with E-state index < -0.39 is 0 Å². The van der Waals surface area contributed by atoms with Gasteiger partial charge in [-0.25, -0.2) is 0 Å². The molecule has 0 heterocycles. The number of carbonyl (C=O) groups is 1. The fourth-order valence-corrected chi connectivity index (χ4v) is 2.53. The molecule has 3 aromatic rings. The van der Waals surface area contributed by atoms with Crippen LogP contribution in [0, 0.1) is 0 Å². The smallest absolute Gasteiger partial charge is 0.224 e. The molecule has 0 bridgehead atoms. The van der Waals surface area contributed by atoms with Crippen LogP contribution in [0.15, 0.2) is 84.9 Å². The number of rotatable bonds is 5. The lowest BCUT2D eigenvalue weighted by atomic mass is 10.1. The zero-order valence-corrected chi connectivity index (χ0v) is 12.9. The lowest BCUT2D eigenvalue weighted by Crippen LogP contribution is -2.12. The second-order valence-corrected chi connectivity index (χ2v) is 5.48. The molecule has 1 N–H and O–H groups in total. The van der Waals surface area contributed by atoms with Crippen LogP contribution in [0.3, 0.4) is 0 Å². The highest BCUT2D eigenvalue weighted by molar-refractivity contribution is 5.91. The molecule has 0 aliphatic heterocycles. The summed E-state index contributed by atoms with van der Waals surface area (Å²) in [7, 11) is 0. The largest absolute Gasteiger partial charge is 0.326 e. The van der Waals surface area contributed by atoms with E-state index in [0.29, 0.717) is 6.42 Å². The van der Waals surface area contributed by atoms with Gasteiger partial charge in [0.2, 0.25) is 5.91 Å². The summed E-state index contributed by atoms with van der Waals surface area (Å²) in [6, 6.07) is 28.2. The molecule has 0 radical (unpaired) electrons. The Morgan fingerprint density at radius 1 is 0.739 bits per heavy atom. The molecule has 0 saturated carbocycles. The van der Waals surface area contributed by atoms with E-state index in [2.05, 4.69) is 23.5 Å². The maximum atomic E-state index is 12.1. The first kappa shape index (κ1) is 15.0. The standard InChI is InChI=1S/C21H19NO/c23-21(15-14-17-8-3-1-4-9-17)22-20-13-7-12-19(16-20)18-10-5-2-6-11-18/h1-13,16H,14-15H2,(H,22,23). The number of hydrogen-bond acceptors (Lipinski definition) is 1. The zero-order valence-electron chi connectivity index (χ0n) is 12.9. The highest BCUT2D eigenvalue weighted by Crippen LogP contribution is 2.22. The van der Waals surface area contributed by atoms with E-state index >= 15 is 0 Å².